The Morgan fingerprint density at radius 1 is 1.11 bits per heavy atom. The van der Waals surface area contributed by atoms with Crippen molar-refractivity contribution in [3.63, 3.8) is 0 Å². The zero-order valence-electron chi connectivity index (χ0n) is 21.4. The van der Waals surface area contributed by atoms with Gasteiger partial charge in [-0.3, -0.25) is 15.0 Å². The molecule has 38 heavy (non-hydrogen) atoms. The van der Waals surface area contributed by atoms with Gasteiger partial charge in [-0.15, -0.1) is 0 Å². The van der Waals surface area contributed by atoms with E-state index in [0.29, 0.717) is 22.3 Å². The number of nitrogens with one attached hydrogen (secondary N) is 1. The molecule has 2 amide bonds. The summed E-state index contributed by atoms with van der Waals surface area (Å²) in [6.07, 6.45) is 1.75. The van der Waals surface area contributed by atoms with Gasteiger partial charge in [0, 0.05) is 30.4 Å². The molecule has 0 aliphatic carbocycles. The summed E-state index contributed by atoms with van der Waals surface area (Å²) in [7, 11) is 0. The van der Waals surface area contributed by atoms with Gasteiger partial charge >= 0.3 is 0 Å². The first-order valence-electron chi connectivity index (χ1n) is 12.2. The SMILES string of the molecule is CCN(CC)c1ccc(/C=C2/SC(=S)N(NC(=O)c3ccc(C)cc3Cl)C2=O)c(OCc2ccccc2)c1. The average molecular weight is 566 g/mol. The van der Waals surface area contributed by atoms with E-state index in [1.54, 1.807) is 24.3 Å². The van der Waals surface area contributed by atoms with Crippen molar-refractivity contribution in [1.82, 2.24) is 10.4 Å². The largest absolute Gasteiger partial charge is 0.488 e. The number of thioether (sulfide) groups is 1. The van der Waals surface area contributed by atoms with E-state index in [9.17, 15) is 9.59 Å². The predicted octanol–water partition coefficient (Wildman–Crippen LogP) is 6.62. The Morgan fingerprint density at radius 3 is 2.53 bits per heavy atom. The molecule has 0 unspecified atom stereocenters. The monoisotopic (exact) mass is 565 g/mol. The lowest BCUT2D eigenvalue weighted by Gasteiger charge is -2.22. The fourth-order valence-electron chi connectivity index (χ4n) is 3.96. The van der Waals surface area contributed by atoms with Gasteiger partial charge in [-0.1, -0.05) is 59.8 Å². The van der Waals surface area contributed by atoms with Gasteiger partial charge in [-0.2, -0.15) is 5.01 Å². The third-order valence-electron chi connectivity index (χ3n) is 6.03. The molecule has 1 N–H and O–H groups in total. The van der Waals surface area contributed by atoms with E-state index < -0.39 is 11.8 Å². The van der Waals surface area contributed by atoms with Crippen LogP contribution >= 0.6 is 35.6 Å². The minimum atomic E-state index is -0.511. The van der Waals surface area contributed by atoms with Crippen LogP contribution in [-0.4, -0.2) is 34.2 Å². The quantitative estimate of drug-likeness (QED) is 0.232. The maximum Gasteiger partial charge on any atom is 0.285 e. The number of halogens is 1. The summed E-state index contributed by atoms with van der Waals surface area (Å²) in [4.78, 5) is 28.7. The van der Waals surface area contributed by atoms with E-state index in [2.05, 4.69) is 24.2 Å². The first-order valence-corrected chi connectivity index (χ1v) is 13.8. The highest BCUT2D eigenvalue weighted by Gasteiger charge is 2.34. The molecule has 0 spiro atoms. The lowest BCUT2D eigenvalue weighted by Crippen LogP contribution is -2.44. The highest BCUT2D eigenvalue weighted by molar-refractivity contribution is 8.26. The van der Waals surface area contributed by atoms with E-state index in [0.717, 1.165) is 52.2 Å². The molecule has 1 aliphatic rings. The number of carbonyl (C=O) groups excluding carboxylic acids is 2. The van der Waals surface area contributed by atoms with Crippen LogP contribution in [0.15, 0.2) is 71.6 Å². The molecular formula is C29H28ClN3O3S2. The van der Waals surface area contributed by atoms with Crippen LogP contribution in [0.4, 0.5) is 5.69 Å². The van der Waals surface area contributed by atoms with E-state index in [1.165, 1.54) is 0 Å². The minimum Gasteiger partial charge on any atom is -0.488 e. The van der Waals surface area contributed by atoms with Crippen molar-refractivity contribution < 1.29 is 14.3 Å². The van der Waals surface area contributed by atoms with Crippen LogP contribution in [0.25, 0.3) is 6.08 Å². The lowest BCUT2D eigenvalue weighted by atomic mass is 10.1. The average Bonchev–Trinajstić information content (AvgIpc) is 3.17. The van der Waals surface area contributed by atoms with Crippen molar-refractivity contribution in [2.75, 3.05) is 18.0 Å². The Morgan fingerprint density at radius 2 is 1.84 bits per heavy atom. The summed E-state index contributed by atoms with van der Waals surface area (Å²) in [5.41, 5.74) is 6.59. The number of thiocarbonyl (C=S) groups is 1. The summed E-state index contributed by atoms with van der Waals surface area (Å²) < 4.78 is 6.45. The first kappa shape index (κ1) is 27.7. The highest BCUT2D eigenvalue weighted by Crippen LogP contribution is 2.35. The van der Waals surface area contributed by atoms with Crippen molar-refractivity contribution in [3.8, 4) is 5.75 Å². The van der Waals surface area contributed by atoms with Crippen LogP contribution < -0.4 is 15.1 Å². The zero-order chi connectivity index (χ0) is 27.2. The maximum absolute atomic E-state index is 13.2. The van der Waals surface area contributed by atoms with E-state index >= 15 is 0 Å². The summed E-state index contributed by atoms with van der Waals surface area (Å²) in [6.45, 7) is 8.19. The Hall–Kier alpha value is -3.33. The summed E-state index contributed by atoms with van der Waals surface area (Å²) in [5.74, 6) is -0.277. The van der Waals surface area contributed by atoms with Crippen LogP contribution in [0.5, 0.6) is 5.75 Å². The molecule has 196 valence electrons. The molecule has 3 aromatic rings. The minimum absolute atomic E-state index is 0.226. The standard InChI is InChI=1S/C29H28ClN3O3S2/c1-4-32(5-2)22-13-12-21(25(17-22)36-18-20-9-7-6-8-10-20)16-26-28(35)33(29(37)38-26)31-27(34)23-14-11-19(3)15-24(23)30/h6-17H,4-5,18H2,1-3H3,(H,31,34)/b26-16+. The van der Waals surface area contributed by atoms with Crippen LogP contribution in [0.2, 0.25) is 5.02 Å². The van der Waals surface area contributed by atoms with Gasteiger partial charge in [-0.25, -0.2) is 0 Å². The van der Waals surface area contributed by atoms with E-state index in [-0.39, 0.29) is 9.88 Å². The van der Waals surface area contributed by atoms with Gasteiger partial charge in [0.15, 0.2) is 4.32 Å². The van der Waals surface area contributed by atoms with Crippen molar-refractivity contribution in [3.05, 3.63) is 98.9 Å². The molecule has 1 aliphatic heterocycles. The molecule has 4 rings (SSSR count). The van der Waals surface area contributed by atoms with Crippen LogP contribution in [0.3, 0.4) is 0 Å². The van der Waals surface area contributed by atoms with Gasteiger partial charge in [0.2, 0.25) is 0 Å². The maximum atomic E-state index is 13.2. The van der Waals surface area contributed by atoms with Gasteiger partial charge in [0.25, 0.3) is 11.8 Å². The first-order chi connectivity index (χ1) is 18.3. The molecule has 0 aromatic heterocycles. The number of amides is 2. The van der Waals surface area contributed by atoms with Gasteiger partial charge in [0.05, 0.1) is 15.5 Å². The Labute approximate surface area is 237 Å². The second-order valence-electron chi connectivity index (χ2n) is 8.61. The lowest BCUT2D eigenvalue weighted by molar-refractivity contribution is -0.123. The Balaban J connectivity index is 1.59. The number of rotatable bonds is 9. The van der Waals surface area contributed by atoms with Crippen molar-refractivity contribution in [2.45, 2.75) is 27.4 Å². The molecule has 0 saturated carbocycles. The van der Waals surface area contributed by atoms with Crippen molar-refractivity contribution in [2.24, 2.45) is 0 Å². The smallest absolute Gasteiger partial charge is 0.285 e. The Kier molecular flexibility index (Phi) is 9.09. The molecule has 1 fully saturated rings. The molecular weight excluding hydrogens is 538 g/mol. The second kappa shape index (κ2) is 12.5. The normalized spacial score (nSPS) is 14.2. The van der Waals surface area contributed by atoms with E-state index in [1.807, 2.05) is 55.5 Å². The van der Waals surface area contributed by atoms with Gasteiger partial charge in [0.1, 0.15) is 12.4 Å². The van der Waals surface area contributed by atoms with Crippen molar-refractivity contribution in [1.29, 1.82) is 0 Å². The predicted molar refractivity (Wildman–Crippen MR) is 159 cm³/mol. The third kappa shape index (κ3) is 6.38. The van der Waals surface area contributed by atoms with Gasteiger partial charge < -0.3 is 9.64 Å². The number of nitrogens with zero attached hydrogens (tertiary/aromatic N) is 2. The Bertz CT molecular complexity index is 1390. The van der Waals surface area contributed by atoms with Crippen molar-refractivity contribution >= 4 is 63.5 Å². The summed E-state index contributed by atoms with van der Waals surface area (Å²) in [6, 6.07) is 20.9. The van der Waals surface area contributed by atoms with Crippen LogP contribution in [0.1, 0.15) is 40.9 Å². The molecule has 0 bridgehead atoms. The molecule has 6 nitrogen and oxygen atoms in total. The topological polar surface area (TPSA) is 61.9 Å². The molecule has 3 aromatic carbocycles. The number of carbonyl (C=O) groups is 2. The molecule has 1 heterocycles. The number of hydrazine groups is 1. The third-order valence-corrected chi connectivity index (χ3v) is 7.64. The zero-order valence-corrected chi connectivity index (χ0v) is 23.8. The fourth-order valence-corrected chi connectivity index (χ4v) is 5.45. The number of hydrogen-bond donors (Lipinski definition) is 1. The molecule has 9 heteroatoms. The summed E-state index contributed by atoms with van der Waals surface area (Å²) in [5, 5.41) is 1.39. The molecule has 1 saturated heterocycles. The second-order valence-corrected chi connectivity index (χ2v) is 10.7. The molecule has 0 atom stereocenters. The highest BCUT2D eigenvalue weighted by atomic mass is 35.5. The number of hydrogen-bond acceptors (Lipinski definition) is 6. The fraction of sp³-hybridized carbons (Fsp3) is 0.207. The van der Waals surface area contributed by atoms with Gasteiger partial charge in [-0.05, 0) is 74.5 Å². The number of anilines is 1. The molecule has 0 radical (unpaired) electrons. The van der Waals surface area contributed by atoms with Crippen LogP contribution in [0, 0.1) is 6.92 Å². The number of benzene rings is 3. The van der Waals surface area contributed by atoms with Crippen LogP contribution in [-0.2, 0) is 11.4 Å². The summed E-state index contributed by atoms with van der Waals surface area (Å²) >= 11 is 12.8. The number of ether oxygens (including phenoxy) is 1. The number of aryl methyl sites for hydroxylation is 1. The van der Waals surface area contributed by atoms with E-state index in [4.69, 9.17) is 28.6 Å².